The van der Waals surface area contributed by atoms with Crippen LogP contribution in [-0.4, -0.2) is 17.9 Å². The number of methoxy groups -OCH3 is 1. The van der Waals surface area contributed by atoms with E-state index >= 15 is 0 Å². The van der Waals surface area contributed by atoms with Crippen LogP contribution in [0, 0.1) is 0 Å². The number of thiazole rings is 1. The molecule has 0 saturated carbocycles. The summed E-state index contributed by atoms with van der Waals surface area (Å²) in [6, 6.07) is 26.5. The van der Waals surface area contributed by atoms with E-state index in [2.05, 4.69) is 57.2 Å². The van der Waals surface area contributed by atoms with Crippen molar-refractivity contribution in [2.75, 3.05) is 7.11 Å². The van der Waals surface area contributed by atoms with E-state index in [9.17, 15) is 0 Å². The minimum Gasteiger partial charge on any atom is -0.496 e. The highest BCUT2D eigenvalue weighted by Gasteiger charge is 2.06. The van der Waals surface area contributed by atoms with Gasteiger partial charge in [0.15, 0.2) is 0 Å². The minimum atomic E-state index is 0.758. The molecule has 0 aliphatic carbocycles. The van der Waals surface area contributed by atoms with Gasteiger partial charge in [0, 0.05) is 5.56 Å². The van der Waals surface area contributed by atoms with Gasteiger partial charge < -0.3 is 9.30 Å². The fourth-order valence-electron chi connectivity index (χ4n) is 2.93. The average Bonchev–Trinajstić information content (AvgIpc) is 3.06. The van der Waals surface area contributed by atoms with Crippen molar-refractivity contribution in [3.63, 3.8) is 0 Å². The first-order chi connectivity index (χ1) is 13.3. The molecule has 3 aromatic carbocycles. The normalized spacial score (nSPS) is 12.1. The van der Waals surface area contributed by atoms with E-state index in [1.165, 1.54) is 10.3 Å². The van der Waals surface area contributed by atoms with Crippen molar-refractivity contribution in [1.82, 2.24) is 4.57 Å². The predicted molar refractivity (Wildman–Crippen MR) is 112 cm³/mol. The zero-order chi connectivity index (χ0) is 18.5. The third-order valence-corrected chi connectivity index (χ3v) is 5.30. The van der Waals surface area contributed by atoms with Gasteiger partial charge in [0.25, 0.3) is 0 Å². The molecule has 5 heteroatoms. The number of benzene rings is 3. The number of hydrogen-bond donors (Lipinski definition) is 0. The highest BCUT2D eigenvalue weighted by Crippen LogP contribution is 2.18. The Hall–Kier alpha value is -3.18. The summed E-state index contributed by atoms with van der Waals surface area (Å²) >= 11 is 1.64. The molecule has 0 radical (unpaired) electrons. The monoisotopic (exact) mass is 373 g/mol. The summed E-state index contributed by atoms with van der Waals surface area (Å²) in [6.07, 6.45) is 1.73. The fourth-order valence-corrected chi connectivity index (χ4v) is 3.92. The molecule has 0 aliphatic heterocycles. The van der Waals surface area contributed by atoms with Gasteiger partial charge in [0.2, 0.25) is 4.80 Å². The third-order valence-electron chi connectivity index (χ3n) is 4.25. The Bertz CT molecular complexity index is 1140. The second kappa shape index (κ2) is 8.01. The van der Waals surface area contributed by atoms with E-state index in [-0.39, 0.29) is 0 Å². The van der Waals surface area contributed by atoms with E-state index in [4.69, 9.17) is 4.74 Å². The molecule has 0 aliphatic rings. The van der Waals surface area contributed by atoms with E-state index in [0.29, 0.717) is 0 Å². The van der Waals surface area contributed by atoms with Crippen LogP contribution in [0.2, 0.25) is 0 Å². The van der Waals surface area contributed by atoms with Crippen LogP contribution in [0.25, 0.3) is 10.2 Å². The lowest BCUT2D eigenvalue weighted by Crippen LogP contribution is -2.15. The molecular weight excluding hydrogens is 354 g/mol. The third kappa shape index (κ3) is 3.83. The SMILES string of the molecule is COc1ccccc1/C=N/N=c1/sc2ccccc2n1Cc1ccccc1. The van der Waals surface area contributed by atoms with E-state index in [0.717, 1.165) is 28.2 Å². The number of hydrogen-bond acceptors (Lipinski definition) is 4. The Balaban J connectivity index is 1.75. The average molecular weight is 373 g/mol. The molecule has 4 rings (SSSR count). The van der Waals surface area contributed by atoms with Crippen molar-refractivity contribution >= 4 is 27.8 Å². The zero-order valence-corrected chi connectivity index (χ0v) is 15.8. The van der Waals surface area contributed by atoms with Gasteiger partial charge in [-0.2, -0.15) is 5.10 Å². The van der Waals surface area contributed by atoms with Gasteiger partial charge in [0.05, 0.1) is 30.1 Å². The molecule has 4 nitrogen and oxygen atoms in total. The van der Waals surface area contributed by atoms with Gasteiger partial charge >= 0.3 is 0 Å². The fraction of sp³-hybridized carbons (Fsp3) is 0.0909. The maximum atomic E-state index is 5.36. The Morgan fingerprint density at radius 3 is 2.52 bits per heavy atom. The quantitative estimate of drug-likeness (QED) is 0.369. The van der Waals surface area contributed by atoms with Crippen LogP contribution in [0.15, 0.2) is 89.1 Å². The van der Waals surface area contributed by atoms with E-state index in [1.807, 2.05) is 36.4 Å². The number of aromatic nitrogens is 1. The van der Waals surface area contributed by atoms with Crippen molar-refractivity contribution in [3.05, 3.63) is 94.8 Å². The van der Waals surface area contributed by atoms with Crippen molar-refractivity contribution < 1.29 is 4.74 Å². The Morgan fingerprint density at radius 1 is 0.926 bits per heavy atom. The predicted octanol–water partition coefficient (Wildman–Crippen LogP) is 4.69. The molecule has 4 aromatic rings. The molecule has 0 amide bonds. The summed E-state index contributed by atoms with van der Waals surface area (Å²) in [5.41, 5.74) is 3.30. The molecule has 0 saturated heterocycles. The summed E-state index contributed by atoms with van der Waals surface area (Å²) in [7, 11) is 1.66. The Morgan fingerprint density at radius 2 is 1.67 bits per heavy atom. The van der Waals surface area contributed by atoms with E-state index in [1.54, 1.807) is 24.7 Å². The Labute approximate surface area is 161 Å². The van der Waals surface area contributed by atoms with Crippen molar-refractivity contribution in [3.8, 4) is 5.75 Å². The van der Waals surface area contributed by atoms with Gasteiger partial charge in [-0.15, -0.1) is 5.10 Å². The second-order valence-electron chi connectivity index (χ2n) is 6.01. The van der Waals surface area contributed by atoms with Gasteiger partial charge in [0.1, 0.15) is 5.75 Å². The zero-order valence-electron chi connectivity index (χ0n) is 14.9. The first-order valence-corrected chi connectivity index (χ1v) is 9.49. The summed E-state index contributed by atoms with van der Waals surface area (Å²) in [4.78, 5) is 0.867. The molecule has 1 aromatic heterocycles. The first kappa shape index (κ1) is 17.2. The Kier molecular flexibility index (Phi) is 5.12. The van der Waals surface area contributed by atoms with Crippen LogP contribution >= 0.6 is 11.3 Å². The van der Waals surface area contributed by atoms with Crippen molar-refractivity contribution in [1.29, 1.82) is 0 Å². The lowest BCUT2D eigenvalue weighted by Gasteiger charge is -2.05. The lowest BCUT2D eigenvalue weighted by molar-refractivity contribution is 0.414. The standard InChI is InChI=1S/C22H19N3OS/c1-26-20-13-7-5-11-18(20)15-23-24-22-25(16-17-9-3-2-4-10-17)19-12-6-8-14-21(19)27-22/h2-15H,16H2,1H3/b23-15+,24-22+. The largest absolute Gasteiger partial charge is 0.496 e. The van der Waals surface area contributed by atoms with Gasteiger partial charge in [-0.05, 0) is 29.8 Å². The number of para-hydroxylation sites is 2. The van der Waals surface area contributed by atoms with Crippen molar-refractivity contribution in [2.45, 2.75) is 6.54 Å². The smallest absolute Gasteiger partial charge is 0.211 e. The summed E-state index contributed by atoms with van der Waals surface area (Å²) in [6.45, 7) is 0.758. The number of fused-ring (bicyclic) bond motifs is 1. The summed E-state index contributed by atoms with van der Waals surface area (Å²) in [5, 5.41) is 8.83. The lowest BCUT2D eigenvalue weighted by atomic mass is 10.2. The topological polar surface area (TPSA) is 38.9 Å². The number of nitrogens with zero attached hydrogens (tertiary/aromatic N) is 3. The maximum Gasteiger partial charge on any atom is 0.211 e. The number of rotatable bonds is 5. The molecule has 0 fully saturated rings. The van der Waals surface area contributed by atoms with Crippen LogP contribution in [0.1, 0.15) is 11.1 Å². The van der Waals surface area contributed by atoms with Gasteiger partial charge in [-0.1, -0.05) is 65.9 Å². The molecule has 0 spiro atoms. The van der Waals surface area contributed by atoms with Crippen molar-refractivity contribution in [2.24, 2.45) is 10.2 Å². The van der Waals surface area contributed by atoms with Gasteiger partial charge in [-0.3, -0.25) is 0 Å². The molecule has 0 unspecified atom stereocenters. The van der Waals surface area contributed by atoms with Crippen LogP contribution in [0.5, 0.6) is 5.75 Å². The summed E-state index contributed by atoms with van der Waals surface area (Å²) < 4.78 is 8.76. The molecule has 0 atom stereocenters. The molecule has 134 valence electrons. The minimum absolute atomic E-state index is 0.758. The van der Waals surface area contributed by atoms with Crippen LogP contribution in [-0.2, 0) is 6.54 Å². The second-order valence-corrected chi connectivity index (χ2v) is 7.02. The molecule has 0 N–H and O–H groups in total. The van der Waals surface area contributed by atoms with Crippen LogP contribution in [0.3, 0.4) is 0 Å². The highest BCUT2D eigenvalue weighted by atomic mass is 32.1. The van der Waals surface area contributed by atoms with Crippen LogP contribution < -0.4 is 9.54 Å². The molecule has 0 bridgehead atoms. The van der Waals surface area contributed by atoms with Gasteiger partial charge in [-0.25, -0.2) is 0 Å². The molecule has 1 heterocycles. The number of ether oxygens (including phenoxy) is 1. The first-order valence-electron chi connectivity index (χ1n) is 8.67. The molecule has 27 heavy (non-hydrogen) atoms. The molecular formula is C22H19N3OS. The maximum absolute atomic E-state index is 5.36. The van der Waals surface area contributed by atoms with E-state index < -0.39 is 0 Å². The van der Waals surface area contributed by atoms with Crippen LogP contribution in [0.4, 0.5) is 0 Å². The highest BCUT2D eigenvalue weighted by molar-refractivity contribution is 7.16. The summed E-state index contributed by atoms with van der Waals surface area (Å²) in [5.74, 6) is 0.782.